The highest BCUT2D eigenvalue weighted by atomic mass is 32.2. The van der Waals surface area contributed by atoms with Gasteiger partial charge in [-0.1, -0.05) is 28.9 Å². The Balaban J connectivity index is 1.51. The third-order valence-electron chi connectivity index (χ3n) is 5.03. The lowest BCUT2D eigenvalue weighted by Crippen LogP contribution is -2.71. The zero-order valence-corrected chi connectivity index (χ0v) is 20.3. The maximum absolute atomic E-state index is 13.0. The summed E-state index contributed by atoms with van der Waals surface area (Å²) in [4.78, 5) is 48.3. The van der Waals surface area contributed by atoms with Gasteiger partial charge in [0, 0.05) is 18.6 Å². The Kier molecular flexibility index (Phi) is 7.41. The standard InChI is InChI=1S/C20H19N9O5S2/c1-3-7-34-25-13(11-5-4-6-12(21)22-11)16(30)23-14-17(31)29-15(19(32)33)10(8-35-18(14)29)9-36-20-24-26-27-28(20)2/h1,4-6,14,18H,7-9H2,2H3,(H2,21,22)(H,23,30)(H,32,33)/t14?,18-/m1/s1. The molecule has 4 N–H and O–H groups in total. The molecule has 1 saturated heterocycles. The third kappa shape index (κ3) is 4.97. The number of β-lactam (4-membered cyclic amide) rings is 1. The number of oxime groups is 1. The Bertz CT molecular complexity index is 1320. The van der Waals surface area contributed by atoms with Crippen molar-refractivity contribution >= 4 is 52.8 Å². The Morgan fingerprint density at radius 1 is 1.47 bits per heavy atom. The second-order valence-electron chi connectivity index (χ2n) is 7.36. The van der Waals surface area contributed by atoms with E-state index >= 15 is 0 Å². The summed E-state index contributed by atoms with van der Waals surface area (Å²) in [5.41, 5.74) is 6.03. The van der Waals surface area contributed by atoms with Gasteiger partial charge in [-0.2, -0.15) is 0 Å². The van der Waals surface area contributed by atoms with Crippen LogP contribution in [0, 0.1) is 12.3 Å². The van der Waals surface area contributed by atoms with Gasteiger partial charge in [-0.15, -0.1) is 23.3 Å². The van der Waals surface area contributed by atoms with Crippen molar-refractivity contribution in [2.45, 2.75) is 16.6 Å². The quantitative estimate of drug-likeness (QED) is 0.0905. The molecule has 2 aliphatic rings. The SMILES string of the molecule is C#CCON=C(C(=O)NC1C(=O)N2C(C(=O)O)=C(CSc3nnnn3C)CS[C@H]12)c1cccc(N)n1. The number of carbonyl (C=O) groups is 3. The highest BCUT2D eigenvalue weighted by Crippen LogP contribution is 2.41. The highest BCUT2D eigenvalue weighted by Gasteiger charge is 2.54. The molecule has 0 spiro atoms. The average Bonchev–Trinajstić information content (AvgIpc) is 3.27. The van der Waals surface area contributed by atoms with E-state index in [2.05, 4.69) is 36.9 Å². The van der Waals surface area contributed by atoms with Crippen LogP contribution in [-0.4, -0.2) is 88.2 Å². The van der Waals surface area contributed by atoms with Crippen molar-refractivity contribution in [3.05, 3.63) is 35.2 Å². The van der Waals surface area contributed by atoms with Crippen LogP contribution in [0.2, 0.25) is 0 Å². The number of nitrogen functional groups attached to an aromatic ring is 1. The molecule has 14 nitrogen and oxygen atoms in total. The van der Waals surface area contributed by atoms with E-state index in [1.54, 1.807) is 13.1 Å². The number of anilines is 1. The topological polar surface area (TPSA) is 191 Å². The summed E-state index contributed by atoms with van der Waals surface area (Å²) < 4.78 is 1.46. The molecule has 2 atom stereocenters. The number of carbonyl (C=O) groups excluding carboxylic acids is 2. The zero-order valence-electron chi connectivity index (χ0n) is 18.7. The lowest BCUT2D eigenvalue weighted by Gasteiger charge is -2.49. The first-order valence-electron chi connectivity index (χ1n) is 10.2. The first-order chi connectivity index (χ1) is 17.3. The maximum atomic E-state index is 13.0. The number of hydrogen-bond acceptors (Lipinski definition) is 12. The Morgan fingerprint density at radius 2 is 2.28 bits per heavy atom. The molecule has 1 unspecified atom stereocenters. The van der Waals surface area contributed by atoms with Crippen LogP contribution < -0.4 is 11.1 Å². The van der Waals surface area contributed by atoms with E-state index in [0.29, 0.717) is 16.5 Å². The van der Waals surface area contributed by atoms with Crippen molar-refractivity contribution in [1.29, 1.82) is 0 Å². The molecule has 0 saturated carbocycles. The molecule has 4 rings (SSSR count). The number of terminal acetylenes is 1. The number of nitrogens with zero attached hydrogens (tertiary/aromatic N) is 7. The maximum Gasteiger partial charge on any atom is 0.352 e. The van der Waals surface area contributed by atoms with Gasteiger partial charge in [-0.3, -0.25) is 14.5 Å². The summed E-state index contributed by atoms with van der Waals surface area (Å²) in [6.45, 7) is -0.189. The highest BCUT2D eigenvalue weighted by molar-refractivity contribution is 8.01. The van der Waals surface area contributed by atoms with Gasteiger partial charge in [0.2, 0.25) is 5.16 Å². The third-order valence-corrected chi connectivity index (χ3v) is 7.46. The van der Waals surface area contributed by atoms with Crippen LogP contribution in [0.15, 0.2) is 39.8 Å². The van der Waals surface area contributed by atoms with E-state index in [-0.39, 0.29) is 35.3 Å². The molecule has 2 amide bonds. The summed E-state index contributed by atoms with van der Waals surface area (Å²) in [5, 5.41) is 27.3. The number of rotatable bonds is 9. The molecular weight excluding hydrogens is 510 g/mol. The predicted molar refractivity (Wildman–Crippen MR) is 129 cm³/mol. The number of hydrogen-bond donors (Lipinski definition) is 3. The summed E-state index contributed by atoms with van der Waals surface area (Å²) in [7, 11) is 1.67. The van der Waals surface area contributed by atoms with Crippen LogP contribution in [0.25, 0.3) is 0 Å². The Morgan fingerprint density at radius 3 is 2.94 bits per heavy atom. The van der Waals surface area contributed by atoms with Crippen LogP contribution in [0.4, 0.5) is 5.82 Å². The Hall–Kier alpha value is -4.10. The smallest absolute Gasteiger partial charge is 0.352 e. The number of fused-ring (bicyclic) bond motifs is 1. The summed E-state index contributed by atoms with van der Waals surface area (Å²) in [6.07, 6.45) is 5.16. The van der Waals surface area contributed by atoms with Gasteiger partial charge >= 0.3 is 5.97 Å². The van der Waals surface area contributed by atoms with Crippen molar-refractivity contribution in [3.63, 3.8) is 0 Å². The summed E-state index contributed by atoms with van der Waals surface area (Å²) in [6, 6.07) is 3.63. The molecular formula is C20H19N9O5S2. The molecule has 36 heavy (non-hydrogen) atoms. The molecule has 2 aromatic heterocycles. The van der Waals surface area contributed by atoms with Crippen LogP contribution in [0.5, 0.6) is 0 Å². The van der Waals surface area contributed by atoms with Crippen molar-refractivity contribution < 1.29 is 24.3 Å². The Labute approximate surface area is 212 Å². The van der Waals surface area contributed by atoms with E-state index in [0.717, 1.165) is 0 Å². The second-order valence-corrected chi connectivity index (χ2v) is 9.40. The molecule has 0 radical (unpaired) electrons. The number of pyridine rings is 1. The molecule has 0 aliphatic carbocycles. The lowest BCUT2D eigenvalue weighted by atomic mass is 10.0. The van der Waals surface area contributed by atoms with Gasteiger partial charge in [-0.25, -0.2) is 14.5 Å². The minimum atomic E-state index is -1.24. The molecule has 2 aromatic rings. The normalized spacial score (nSPS) is 19.3. The first-order valence-corrected chi connectivity index (χ1v) is 12.3. The molecule has 0 bridgehead atoms. The number of nitrogens with one attached hydrogen (secondary N) is 1. The summed E-state index contributed by atoms with van der Waals surface area (Å²) >= 11 is 2.59. The largest absolute Gasteiger partial charge is 0.477 e. The van der Waals surface area contributed by atoms with Crippen molar-refractivity contribution in [3.8, 4) is 12.3 Å². The second kappa shape index (κ2) is 10.7. The van der Waals surface area contributed by atoms with E-state index in [1.807, 2.05) is 0 Å². The number of tetrazole rings is 1. The average molecular weight is 530 g/mol. The van der Waals surface area contributed by atoms with Gasteiger partial charge in [0.25, 0.3) is 11.8 Å². The van der Waals surface area contributed by atoms with Crippen LogP contribution in [-0.2, 0) is 26.3 Å². The van der Waals surface area contributed by atoms with E-state index in [9.17, 15) is 19.5 Å². The van der Waals surface area contributed by atoms with Gasteiger partial charge in [0.05, 0.1) is 0 Å². The van der Waals surface area contributed by atoms with Gasteiger partial charge < -0.3 is 21.0 Å². The number of amides is 2. The van der Waals surface area contributed by atoms with Crippen LogP contribution in [0.3, 0.4) is 0 Å². The monoisotopic (exact) mass is 529 g/mol. The molecule has 16 heteroatoms. The first kappa shape index (κ1) is 25.0. The summed E-state index contributed by atoms with van der Waals surface area (Å²) in [5.74, 6) is 0.444. The predicted octanol–water partition coefficient (Wildman–Crippen LogP) is -0.928. The number of thioether (sulfide) groups is 2. The van der Waals surface area contributed by atoms with Crippen molar-refractivity contribution in [1.82, 2.24) is 35.4 Å². The number of nitrogens with two attached hydrogens (primary N) is 1. The molecule has 186 valence electrons. The fourth-order valence-corrected chi connectivity index (χ4v) is 5.76. The minimum Gasteiger partial charge on any atom is -0.477 e. The molecule has 1 fully saturated rings. The molecule has 4 heterocycles. The number of aromatic nitrogens is 5. The minimum absolute atomic E-state index is 0.111. The van der Waals surface area contributed by atoms with E-state index < -0.39 is 29.2 Å². The number of aliphatic carboxylic acids is 1. The van der Waals surface area contributed by atoms with Crippen molar-refractivity contribution in [2.75, 3.05) is 23.8 Å². The number of carboxylic acid groups (broad SMARTS) is 1. The van der Waals surface area contributed by atoms with E-state index in [1.165, 1.54) is 45.2 Å². The fraction of sp³-hybridized carbons (Fsp3) is 0.300. The fourth-order valence-electron chi connectivity index (χ4n) is 3.42. The van der Waals surface area contributed by atoms with Crippen LogP contribution in [0.1, 0.15) is 5.69 Å². The van der Waals surface area contributed by atoms with E-state index in [4.69, 9.17) is 17.0 Å². The molecule has 0 aromatic carbocycles. The number of aryl methyl sites for hydroxylation is 1. The van der Waals surface area contributed by atoms with Crippen LogP contribution >= 0.6 is 23.5 Å². The van der Waals surface area contributed by atoms with Gasteiger partial charge in [0.15, 0.2) is 12.3 Å². The molecule has 2 aliphatic heterocycles. The zero-order chi connectivity index (χ0) is 25.8. The number of carboxylic acids is 1. The van der Waals surface area contributed by atoms with Gasteiger partial charge in [-0.05, 0) is 28.1 Å². The lowest BCUT2D eigenvalue weighted by molar-refractivity contribution is -0.150. The van der Waals surface area contributed by atoms with Crippen molar-refractivity contribution in [2.24, 2.45) is 12.2 Å². The van der Waals surface area contributed by atoms with Gasteiger partial charge in [0.1, 0.15) is 28.6 Å².